The van der Waals surface area contributed by atoms with E-state index >= 15 is 0 Å². The van der Waals surface area contributed by atoms with E-state index < -0.39 is 0 Å². The maximum atomic E-state index is 6.18. The van der Waals surface area contributed by atoms with Crippen molar-refractivity contribution >= 4 is 300 Å². The second-order valence-corrected chi connectivity index (χ2v) is 36.5. The van der Waals surface area contributed by atoms with Crippen molar-refractivity contribution in [1.82, 2.24) is 109 Å². The van der Waals surface area contributed by atoms with Gasteiger partial charge in [0.15, 0.2) is 28.0 Å². The summed E-state index contributed by atoms with van der Waals surface area (Å²) in [5.41, 5.74) is 37.3. The fourth-order valence-electron chi connectivity index (χ4n) is 22.1. The SMILES string of the molecule is Cn1c2c3c(ncc2n2c4ccccc4nc12)oc1ccccc13.Cn1c2c3oc4ccccc4c3ncc2n2c3ccccc3nc12.Cn1c2cc3c(nc2n2c4ccccc4nc12)oc1ccccc13.Cn1c2cc3oc4ccccc4c3nc2n2c3ccccc3nc12.Cn1c2ccc3oc4ccccc4c3c2n2c3ccccc3nc12.Cn1c2cnc3c4ccccc4oc3c2n2c3ccccc3nc12. The number of hydrogen-bond acceptors (Lipinski definition) is 17. The molecule has 0 N–H and O–H groups in total. The van der Waals surface area contributed by atoms with E-state index in [4.69, 9.17) is 71.4 Å². The molecule has 13 aromatic carbocycles. The lowest BCUT2D eigenvalue weighted by Gasteiger charge is -1.98. The molecule has 0 spiro atoms. The third-order valence-electron chi connectivity index (χ3n) is 28.7. The van der Waals surface area contributed by atoms with Gasteiger partial charge >= 0.3 is 0 Å². The molecule has 684 valence electrons. The molecule has 0 radical (unpaired) electrons. The molecule has 0 saturated heterocycles. The Morgan fingerprint density at radius 3 is 1.06 bits per heavy atom. The zero-order valence-corrected chi connectivity index (χ0v) is 77.5. The van der Waals surface area contributed by atoms with E-state index in [1.807, 2.05) is 272 Å². The van der Waals surface area contributed by atoms with E-state index in [1.165, 1.54) is 0 Å². The summed E-state index contributed by atoms with van der Waals surface area (Å²) in [6, 6.07) is 106. The molecular weight excluding hydrogens is 1800 g/mol. The van der Waals surface area contributed by atoms with E-state index in [9.17, 15) is 0 Å². The predicted octanol–water partition coefficient (Wildman–Crippen LogP) is 26.2. The normalized spacial score (nSPS) is 12.4. The molecule has 144 heavy (non-hydrogen) atoms. The standard InChI is InChI=1S/C20H13N3O.5C19H12N4O/c1-22-15-10-11-17-18(12-6-2-5-9-16(12)24-17)19(15)23-14-8-4-3-7-13(14)21-20(22)23;1-22-15-10-12-11-6-2-5-9-16(11)24-18(12)21-17(15)23-14-8-4-3-7-13(14)20-19(22)23;1-22-17-14(23-13-8-4-3-7-12(13)21-19(22)23)10-20-16-11-6-2-5-9-15(11)24-18(16)17;1-22-14-10-20-16-11-6-2-5-9-15(11)24-18(16)17(14)23-13-8-4-3-7-12(13)21-19(22)23;1-22-17-14(23-13-8-4-3-7-12(13)21-19(22)23)10-20-18-16(17)11-6-2-5-9-15(11)24-18;1-22-14-10-16-17(11-6-2-5-9-15(11)24-16)21-18(14)23-13-8-4-3-7-12(13)20-19(22)23/h2-11H,1H3;5*2-10H,1H3. The van der Waals surface area contributed by atoms with E-state index in [-0.39, 0.29) is 0 Å². The fourth-order valence-corrected chi connectivity index (χ4v) is 22.1. The summed E-state index contributed by atoms with van der Waals surface area (Å²) in [5, 5.41) is 9.65. The molecule has 0 saturated carbocycles. The lowest BCUT2D eigenvalue weighted by Crippen LogP contribution is -1.89. The maximum absolute atomic E-state index is 6.18. The highest BCUT2D eigenvalue weighted by Crippen LogP contribution is 2.44. The van der Waals surface area contributed by atoms with Crippen molar-refractivity contribution in [2.45, 2.75) is 0 Å². The summed E-state index contributed by atoms with van der Waals surface area (Å²) in [4.78, 5) is 52.3. The number of furan rings is 6. The molecule has 0 aliphatic carbocycles. The summed E-state index contributed by atoms with van der Waals surface area (Å²) in [7, 11) is 12.2. The van der Waals surface area contributed by atoms with Gasteiger partial charge < -0.3 is 53.9 Å². The van der Waals surface area contributed by atoms with Crippen LogP contribution in [0.3, 0.4) is 0 Å². The van der Waals surface area contributed by atoms with E-state index in [0.29, 0.717) is 11.4 Å². The molecule has 0 aliphatic rings. The van der Waals surface area contributed by atoms with Crippen molar-refractivity contribution in [3.05, 3.63) is 334 Å². The van der Waals surface area contributed by atoms with E-state index in [0.717, 1.165) is 288 Å². The second-order valence-electron chi connectivity index (χ2n) is 36.5. The lowest BCUT2D eigenvalue weighted by atomic mass is 10.1. The van der Waals surface area contributed by atoms with Crippen molar-refractivity contribution < 1.29 is 26.5 Å². The van der Waals surface area contributed by atoms with Crippen LogP contribution in [0.5, 0.6) is 0 Å². The van der Waals surface area contributed by atoms with Gasteiger partial charge in [-0.3, -0.25) is 26.4 Å². The molecule has 0 amide bonds. The van der Waals surface area contributed by atoms with Gasteiger partial charge in [0.1, 0.15) is 66.7 Å². The number of para-hydroxylation sites is 18. The minimum Gasteiger partial charge on any atom is -0.456 e. The number of benzene rings is 13. The quantitative estimate of drug-likeness (QED) is 0.136. The highest BCUT2D eigenvalue weighted by atomic mass is 16.4. The Labute approximate surface area is 806 Å². The minimum absolute atomic E-state index is 0.661. The summed E-state index contributed by atoms with van der Waals surface area (Å²) < 4.78 is 61.7. The van der Waals surface area contributed by atoms with Crippen molar-refractivity contribution in [1.29, 1.82) is 0 Å². The Balaban J connectivity index is 0.0000000788. The van der Waals surface area contributed by atoms with Gasteiger partial charge in [-0.15, -0.1) is 0 Å². The first-order chi connectivity index (χ1) is 70.9. The highest BCUT2D eigenvalue weighted by molar-refractivity contribution is 6.21. The molecule has 23 heterocycles. The molecule has 0 aliphatic heterocycles. The average molecular weight is 1870 g/mol. The molecular formula is C115H73N23O6. The minimum atomic E-state index is 0.661. The van der Waals surface area contributed by atoms with E-state index in [1.54, 1.807) is 0 Å². The Hall–Kier alpha value is -20.0. The van der Waals surface area contributed by atoms with Crippen LogP contribution in [0.1, 0.15) is 0 Å². The molecule has 29 nitrogen and oxygen atoms in total. The number of pyridine rings is 5. The van der Waals surface area contributed by atoms with Crippen LogP contribution in [0.15, 0.2) is 361 Å². The van der Waals surface area contributed by atoms with Gasteiger partial charge in [-0.05, 0) is 146 Å². The summed E-state index contributed by atoms with van der Waals surface area (Å²) in [6.45, 7) is 0. The average Bonchev–Trinajstić information content (AvgIpc) is 1.55. The van der Waals surface area contributed by atoms with Crippen LogP contribution in [0.25, 0.3) is 300 Å². The van der Waals surface area contributed by atoms with Crippen molar-refractivity contribution in [3.8, 4) is 0 Å². The van der Waals surface area contributed by atoms with Crippen LogP contribution in [-0.2, 0) is 42.3 Å². The smallest absolute Gasteiger partial charge is 0.229 e. The molecule has 0 fully saturated rings. The third kappa shape index (κ3) is 11.0. The first-order valence-corrected chi connectivity index (χ1v) is 47.2. The van der Waals surface area contributed by atoms with Crippen LogP contribution < -0.4 is 0 Å². The lowest BCUT2D eigenvalue weighted by molar-refractivity contribution is 0.654. The monoisotopic (exact) mass is 1870 g/mol. The van der Waals surface area contributed by atoms with Crippen LogP contribution in [0, 0.1) is 0 Å². The number of imidazole rings is 12. The van der Waals surface area contributed by atoms with Crippen molar-refractivity contribution in [2.24, 2.45) is 42.3 Å². The summed E-state index contributed by atoms with van der Waals surface area (Å²) >= 11 is 0. The van der Waals surface area contributed by atoms with Crippen molar-refractivity contribution in [2.75, 3.05) is 0 Å². The van der Waals surface area contributed by atoms with Crippen LogP contribution in [0.2, 0.25) is 0 Å². The van der Waals surface area contributed by atoms with Gasteiger partial charge in [0, 0.05) is 80.7 Å². The van der Waals surface area contributed by atoms with Gasteiger partial charge in [0.05, 0.1) is 145 Å². The Bertz CT molecular complexity index is 11800. The second kappa shape index (κ2) is 29.3. The molecule has 36 rings (SSSR count). The number of nitrogens with zero attached hydrogens (tertiary/aromatic N) is 23. The molecule has 36 aromatic rings. The molecule has 0 atom stereocenters. The van der Waals surface area contributed by atoms with Gasteiger partial charge in [0.25, 0.3) is 0 Å². The fraction of sp³-hybridized carbons (Fsp3) is 0.0522. The summed E-state index contributed by atoms with van der Waals surface area (Å²) in [5.74, 6) is 5.41. The Morgan fingerprint density at radius 2 is 0.528 bits per heavy atom. The number of hydrogen-bond donors (Lipinski definition) is 0. The zero-order chi connectivity index (χ0) is 95.0. The zero-order valence-electron chi connectivity index (χ0n) is 77.5. The molecule has 0 unspecified atom stereocenters. The first-order valence-electron chi connectivity index (χ1n) is 47.2. The van der Waals surface area contributed by atoms with Crippen molar-refractivity contribution in [3.63, 3.8) is 0 Å². The Morgan fingerprint density at radius 1 is 0.188 bits per heavy atom. The molecule has 29 heteroatoms. The van der Waals surface area contributed by atoms with Gasteiger partial charge in [-0.2, -0.15) is 4.98 Å². The van der Waals surface area contributed by atoms with E-state index in [2.05, 4.69) is 168 Å². The molecule has 0 bridgehead atoms. The van der Waals surface area contributed by atoms with Crippen LogP contribution in [-0.4, -0.2) is 109 Å². The van der Waals surface area contributed by atoms with Gasteiger partial charge in [0.2, 0.25) is 46.1 Å². The van der Waals surface area contributed by atoms with Crippen LogP contribution in [0.4, 0.5) is 0 Å². The number of rotatable bonds is 0. The van der Waals surface area contributed by atoms with Gasteiger partial charge in [-0.1, -0.05) is 164 Å². The number of aryl methyl sites for hydroxylation is 6. The Kier molecular flexibility index (Phi) is 16.1. The number of aromatic nitrogens is 23. The highest BCUT2D eigenvalue weighted by Gasteiger charge is 2.28. The van der Waals surface area contributed by atoms with Gasteiger partial charge in [-0.25, -0.2) is 49.8 Å². The third-order valence-corrected chi connectivity index (χ3v) is 28.7. The van der Waals surface area contributed by atoms with Crippen LogP contribution >= 0.6 is 0 Å². The maximum Gasteiger partial charge on any atom is 0.229 e. The predicted molar refractivity (Wildman–Crippen MR) is 568 cm³/mol. The largest absolute Gasteiger partial charge is 0.456 e. The topological polar surface area (TPSA) is 277 Å². The molecule has 23 aromatic heterocycles. The number of fused-ring (bicyclic) bond motifs is 52. The first kappa shape index (κ1) is 79.1. The summed E-state index contributed by atoms with van der Waals surface area (Å²) in [6.07, 6.45) is 5.70.